The van der Waals surface area contributed by atoms with Crippen molar-refractivity contribution in [3.05, 3.63) is 30.5 Å². The number of rotatable bonds is 1. The van der Waals surface area contributed by atoms with Crippen molar-refractivity contribution in [1.82, 2.24) is 4.98 Å². The van der Waals surface area contributed by atoms with Crippen molar-refractivity contribution in [1.29, 1.82) is 0 Å². The van der Waals surface area contributed by atoms with Gasteiger partial charge in [-0.3, -0.25) is 4.98 Å². The number of nitrogen functional groups attached to an aromatic ring is 1. The summed E-state index contributed by atoms with van der Waals surface area (Å²) in [5.74, 6) is 0. The summed E-state index contributed by atoms with van der Waals surface area (Å²) in [5, 5.41) is 11.2. The molecule has 1 fully saturated rings. The number of hydrogen-bond donors (Lipinski definition) is 2. The minimum atomic E-state index is -0.554. The number of nitrogens with two attached hydrogens (primary N) is 1. The van der Waals surface area contributed by atoms with E-state index in [-0.39, 0.29) is 0 Å². The standard InChI is InChI=1S/C16H21N3O/c1-16(20)7-3-10-19(11-8-16)14-6-5-13-12(15(14)17)4-2-9-18-13/h2,4-6,9,20H,3,7-8,10-11,17H2,1H3. The van der Waals surface area contributed by atoms with Crippen molar-refractivity contribution in [3.63, 3.8) is 0 Å². The molecule has 0 saturated carbocycles. The summed E-state index contributed by atoms with van der Waals surface area (Å²) < 4.78 is 0. The van der Waals surface area contributed by atoms with Crippen molar-refractivity contribution in [2.75, 3.05) is 23.7 Å². The summed E-state index contributed by atoms with van der Waals surface area (Å²) in [4.78, 5) is 6.61. The Balaban J connectivity index is 1.96. The molecule has 1 aliphatic heterocycles. The Morgan fingerprint density at radius 2 is 2.10 bits per heavy atom. The molecule has 3 N–H and O–H groups in total. The Labute approximate surface area is 119 Å². The molecule has 1 atom stereocenters. The number of fused-ring (bicyclic) bond motifs is 1. The first-order valence-corrected chi connectivity index (χ1v) is 7.17. The molecular formula is C16H21N3O. The zero-order valence-corrected chi connectivity index (χ0v) is 11.8. The average Bonchev–Trinajstić information content (AvgIpc) is 2.61. The number of nitrogens with zero attached hydrogens (tertiary/aromatic N) is 2. The van der Waals surface area contributed by atoms with Crippen molar-refractivity contribution in [2.24, 2.45) is 0 Å². The van der Waals surface area contributed by atoms with Crippen LogP contribution >= 0.6 is 0 Å². The molecule has 3 rings (SSSR count). The van der Waals surface area contributed by atoms with E-state index >= 15 is 0 Å². The minimum absolute atomic E-state index is 0.554. The molecule has 1 aromatic heterocycles. The highest BCUT2D eigenvalue weighted by atomic mass is 16.3. The Hall–Kier alpha value is -1.81. The van der Waals surface area contributed by atoms with Gasteiger partial charge in [-0.1, -0.05) is 0 Å². The Morgan fingerprint density at radius 3 is 2.95 bits per heavy atom. The van der Waals surface area contributed by atoms with Gasteiger partial charge in [-0.05, 0) is 50.5 Å². The largest absolute Gasteiger partial charge is 0.396 e. The van der Waals surface area contributed by atoms with E-state index in [4.69, 9.17) is 5.73 Å². The van der Waals surface area contributed by atoms with Crippen LogP contribution in [0, 0.1) is 0 Å². The predicted molar refractivity (Wildman–Crippen MR) is 82.8 cm³/mol. The molecule has 1 aromatic carbocycles. The maximum Gasteiger partial charge on any atom is 0.0724 e. The van der Waals surface area contributed by atoms with Crippen LogP contribution in [0.4, 0.5) is 11.4 Å². The van der Waals surface area contributed by atoms with Gasteiger partial charge >= 0.3 is 0 Å². The fourth-order valence-corrected chi connectivity index (χ4v) is 2.94. The van der Waals surface area contributed by atoms with Gasteiger partial charge in [0.1, 0.15) is 0 Å². The maximum atomic E-state index is 10.2. The highest BCUT2D eigenvalue weighted by Gasteiger charge is 2.25. The van der Waals surface area contributed by atoms with Crippen molar-refractivity contribution in [2.45, 2.75) is 31.8 Å². The zero-order chi connectivity index (χ0) is 14.2. The van der Waals surface area contributed by atoms with E-state index in [1.165, 1.54) is 0 Å². The second-order valence-electron chi connectivity index (χ2n) is 5.91. The van der Waals surface area contributed by atoms with E-state index in [2.05, 4.69) is 9.88 Å². The molecule has 1 aliphatic rings. The van der Waals surface area contributed by atoms with Gasteiger partial charge in [-0.2, -0.15) is 0 Å². The third kappa shape index (κ3) is 2.43. The Morgan fingerprint density at radius 1 is 1.25 bits per heavy atom. The maximum absolute atomic E-state index is 10.2. The fraction of sp³-hybridized carbons (Fsp3) is 0.438. The lowest BCUT2D eigenvalue weighted by Crippen LogP contribution is -2.28. The highest BCUT2D eigenvalue weighted by molar-refractivity contribution is 5.97. The fourth-order valence-electron chi connectivity index (χ4n) is 2.94. The number of aromatic nitrogens is 1. The van der Waals surface area contributed by atoms with E-state index in [1.54, 1.807) is 6.20 Å². The Bertz CT molecular complexity index is 624. The van der Waals surface area contributed by atoms with Crippen molar-refractivity contribution in [3.8, 4) is 0 Å². The highest BCUT2D eigenvalue weighted by Crippen LogP contribution is 2.33. The molecule has 2 heterocycles. The van der Waals surface area contributed by atoms with Gasteiger partial charge in [0.15, 0.2) is 0 Å². The van der Waals surface area contributed by atoms with E-state index in [9.17, 15) is 5.11 Å². The molecule has 2 aromatic rings. The zero-order valence-electron chi connectivity index (χ0n) is 11.8. The number of anilines is 2. The molecule has 0 aliphatic carbocycles. The first-order chi connectivity index (χ1) is 9.57. The Kier molecular flexibility index (Phi) is 3.26. The molecule has 20 heavy (non-hydrogen) atoms. The summed E-state index contributed by atoms with van der Waals surface area (Å²) in [6.45, 7) is 3.69. The first-order valence-electron chi connectivity index (χ1n) is 7.17. The first kappa shape index (κ1) is 13.2. The molecule has 4 heteroatoms. The van der Waals surface area contributed by atoms with Gasteiger partial charge in [0, 0.05) is 24.7 Å². The van der Waals surface area contributed by atoms with Crippen LogP contribution in [0.2, 0.25) is 0 Å². The van der Waals surface area contributed by atoms with Crippen molar-refractivity contribution < 1.29 is 5.11 Å². The van der Waals surface area contributed by atoms with Gasteiger partial charge in [0.2, 0.25) is 0 Å². The van der Waals surface area contributed by atoms with Crippen LogP contribution in [-0.2, 0) is 0 Å². The second-order valence-corrected chi connectivity index (χ2v) is 5.91. The third-order valence-corrected chi connectivity index (χ3v) is 4.21. The molecule has 0 bridgehead atoms. The van der Waals surface area contributed by atoms with Crippen LogP contribution in [0.15, 0.2) is 30.5 Å². The lowest BCUT2D eigenvalue weighted by molar-refractivity contribution is 0.0481. The van der Waals surface area contributed by atoms with Gasteiger partial charge in [-0.25, -0.2) is 0 Å². The molecule has 106 valence electrons. The number of hydrogen-bond acceptors (Lipinski definition) is 4. The lowest BCUT2D eigenvalue weighted by Gasteiger charge is -2.26. The molecular weight excluding hydrogens is 250 g/mol. The van der Waals surface area contributed by atoms with Crippen LogP contribution in [0.25, 0.3) is 10.9 Å². The lowest BCUT2D eigenvalue weighted by atomic mass is 9.98. The quantitative estimate of drug-likeness (QED) is 0.782. The summed E-state index contributed by atoms with van der Waals surface area (Å²) >= 11 is 0. The van der Waals surface area contributed by atoms with Crippen LogP contribution in [0.1, 0.15) is 26.2 Å². The molecule has 0 radical (unpaired) electrons. The van der Waals surface area contributed by atoms with Crippen LogP contribution in [-0.4, -0.2) is 28.8 Å². The topological polar surface area (TPSA) is 62.4 Å². The van der Waals surface area contributed by atoms with Crippen molar-refractivity contribution >= 4 is 22.3 Å². The summed E-state index contributed by atoms with van der Waals surface area (Å²) in [7, 11) is 0. The summed E-state index contributed by atoms with van der Waals surface area (Å²) in [5.41, 5.74) is 8.54. The smallest absolute Gasteiger partial charge is 0.0724 e. The average molecular weight is 271 g/mol. The number of pyridine rings is 1. The van der Waals surface area contributed by atoms with E-state index in [0.717, 1.165) is 54.6 Å². The molecule has 1 saturated heterocycles. The van der Waals surface area contributed by atoms with E-state index in [0.29, 0.717) is 0 Å². The second kappa shape index (κ2) is 4.94. The van der Waals surface area contributed by atoms with Crippen LogP contribution in [0.3, 0.4) is 0 Å². The number of aliphatic hydroxyl groups is 1. The number of benzene rings is 1. The van der Waals surface area contributed by atoms with Gasteiger partial charge in [0.05, 0.1) is 22.5 Å². The van der Waals surface area contributed by atoms with E-state index in [1.807, 2.05) is 31.2 Å². The third-order valence-electron chi connectivity index (χ3n) is 4.21. The van der Waals surface area contributed by atoms with Gasteiger partial charge in [-0.15, -0.1) is 0 Å². The van der Waals surface area contributed by atoms with Crippen LogP contribution < -0.4 is 10.6 Å². The molecule has 0 amide bonds. The predicted octanol–water partition coefficient (Wildman–Crippen LogP) is 2.56. The molecule has 4 nitrogen and oxygen atoms in total. The van der Waals surface area contributed by atoms with Gasteiger partial charge in [0.25, 0.3) is 0 Å². The summed E-state index contributed by atoms with van der Waals surface area (Å²) in [6, 6.07) is 7.99. The normalized spacial score (nSPS) is 23.8. The van der Waals surface area contributed by atoms with Gasteiger partial charge < -0.3 is 15.7 Å². The van der Waals surface area contributed by atoms with E-state index < -0.39 is 5.60 Å². The minimum Gasteiger partial charge on any atom is -0.396 e. The molecule has 0 spiro atoms. The molecule has 1 unspecified atom stereocenters. The SMILES string of the molecule is CC1(O)CCCN(c2ccc3ncccc3c2N)CC1. The summed E-state index contributed by atoms with van der Waals surface area (Å²) in [6.07, 6.45) is 4.39. The monoisotopic (exact) mass is 271 g/mol. The van der Waals surface area contributed by atoms with Crippen LogP contribution in [0.5, 0.6) is 0 Å².